The second-order valence-corrected chi connectivity index (χ2v) is 6.66. The fraction of sp³-hybridized carbons (Fsp3) is 0.368. The minimum absolute atomic E-state index is 0.213. The number of fused-ring (bicyclic) bond motifs is 1. The molecule has 1 aromatic carbocycles. The minimum atomic E-state index is -0.218. The lowest BCUT2D eigenvalue weighted by Gasteiger charge is -2.18. The smallest absolute Gasteiger partial charge is 0.158 e. The predicted octanol–water partition coefficient (Wildman–Crippen LogP) is 4.26. The number of aromatic nitrogens is 3. The first-order valence-corrected chi connectivity index (χ1v) is 8.53. The normalized spacial score (nSPS) is 14.9. The summed E-state index contributed by atoms with van der Waals surface area (Å²) in [7, 11) is 0. The number of benzene rings is 1. The van der Waals surface area contributed by atoms with E-state index in [9.17, 15) is 4.39 Å². The third-order valence-electron chi connectivity index (χ3n) is 4.69. The number of rotatable bonds is 3. The third kappa shape index (κ3) is 2.44. The maximum Gasteiger partial charge on any atom is 0.158 e. The summed E-state index contributed by atoms with van der Waals surface area (Å²) in [6.45, 7) is 6.19. The molecular formula is C19H21FN4. The van der Waals surface area contributed by atoms with Gasteiger partial charge in [-0.2, -0.15) is 5.10 Å². The van der Waals surface area contributed by atoms with Crippen molar-refractivity contribution in [2.45, 2.75) is 32.6 Å². The van der Waals surface area contributed by atoms with E-state index in [2.05, 4.69) is 28.8 Å². The Hall–Kier alpha value is -2.43. The molecule has 0 amide bonds. The Morgan fingerprint density at radius 2 is 1.96 bits per heavy atom. The standard InChI is InChI=1S/C19H21FN4/c1-13(2)17-18(22-24-11-5-8-21-19(17)24)15-7-6-14(12-16(15)20)23-9-3-4-10-23/h5-8,11-13H,3-4,9-10H2,1-2H3. The van der Waals surface area contributed by atoms with Crippen molar-refractivity contribution >= 4 is 11.3 Å². The molecular weight excluding hydrogens is 303 g/mol. The van der Waals surface area contributed by atoms with Crippen LogP contribution in [0.5, 0.6) is 0 Å². The molecule has 4 nitrogen and oxygen atoms in total. The highest BCUT2D eigenvalue weighted by Gasteiger charge is 2.21. The molecule has 0 bridgehead atoms. The van der Waals surface area contributed by atoms with Gasteiger partial charge < -0.3 is 4.90 Å². The topological polar surface area (TPSA) is 33.4 Å². The SMILES string of the molecule is CC(C)c1c(-c2ccc(N3CCCC3)cc2F)nn2cccnc12. The first kappa shape index (κ1) is 15.1. The average molecular weight is 324 g/mol. The van der Waals surface area contributed by atoms with Crippen molar-refractivity contribution in [3.63, 3.8) is 0 Å². The van der Waals surface area contributed by atoms with E-state index in [1.54, 1.807) is 16.8 Å². The van der Waals surface area contributed by atoms with Crippen LogP contribution in [0.15, 0.2) is 36.7 Å². The molecule has 4 rings (SSSR count). The van der Waals surface area contributed by atoms with Crippen molar-refractivity contribution < 1.29 is 4.39 Å². The quantitative estimate of drug-likeness (QED) is 0.722. The molecule has 2 aromatic heterocycles. The zero-order valence-electron chi connectivity index (χ0n) is 14.0. The van der Waals surface area contributed by atoms with Gasteiger partial charge >= 0.3 is 0 Å². The number of hydrogen-bond acceptors (Lipinski definition) is 3. The molecule has 24 heavy (non-hydrogen) atoms. The summed E-state index contributed by atoms with van der Waals surface area (Å²) in [6, 6.07) is 7.34. The predicted molar refractivity (Wildman–Crippen MR) is 93.9 cm³/mol. The van der Waals surface area contributed by atoms with Crippen molar-refractivity contribution in [1.29, 1.82) is 0 Å². The van der Waals surface area contributed by atoms with Gasteiger partial charge in [-0.3, -0.25) is 0 Å². The highest BCUT2D eigenvalue weighted by atomic mass is 19.1. The summed E-state index contributed by atoms with van der Waals surface area (Å²) >= 11 is 0. The van der Waals surface area contributed by atoms with E-state index >= 15 is 0 Å². The molecule has 0 aliphatic carbocycles. The van der Waals surface area contributed by atoms with Crippen LogP contribution < -0.4 is 4.90 Å². The van der Waals surface area contributed by atoms with Gasteiger partial charge in [0.2, 0.25) is 0 Å². The van der Waals surface area contributed by atoms with Gasteiger partial charge in [0.05, 0.1) is 0 Å². The van der Waals surface area contributed by atoms with Crippen LogP contribution in [0, 0.1) is 5.82 Å². The number of halogens is 1. The van der Waals surface area contributed by atoms with Crippen molar-refractivity contribution in [1.82, 2.24) is 14.6 Å². The van der Waals surface area contributed by atoms with Gasteiger partial charge in [0.1, 0.15) is 11.5 Å². The largest absolute Gasteiger partial charge is 0.371 e. The molecule has 0 saturated carbocycles. The number of anilines is 1. The van der Waals surface area contributed by atoms with Crippen LogP contribution in [0.3, 0.4) is 0 Å². The van der Waals surface area contributed by atoms with Crippen molar-refractivity contribution in [3.05, 3.63) is 48.0 Å². The van der Waals surface area contributed by atoms with Crippen LogP contribution in [-0.4, -0.2) is 27.7 Å². The number of nitrogens with zero attached hydrogens (tertiary/aromatic N) is 4. The van der Waals surface area contributed by atoms with E-state index in [4.69, 9.17) is 0 Å². The van der Waals surface area contributed by atoms with Crippen LogP contribution in [0.4, 0.5) is 10.1 Å². The summed E-state index contributed by atoms with van der Waals surface area (Å²) in [5, 5.41) is 4.59. The molecule has 1 aliphatic rings. The van der Waals surface area contributed by atoms with Crippen molar-refractivity contribution in [2.24, 2.45) is 0 Å². The van der Waals surface area contributed by atoms with E-state index in [0.29, 0.717) is 11.3 Å². The molecule has 0 radical (unpaired) electrons. The van der Waals surface area contributed by atoms with Gasteiger partial charge in [-0.1, -0.05) is 13.8 Å². The van der Waals surface area contributed by atoms with Gasteiger partial charge in [-0.25, -0.2) is 13.9 Å². The van der Waals surface area contributed by atoms with Gasteiger partial charge in [0.15, 0.2) is 5.65 Å². The lowest BCUT2D eigenvalue weighted by molar-refractivity contribution is 0.629. The molecule has 124 valence electrons. The summed E-state index contributed by atoms with van der Waals surface area (Å²) in [6.07, 6.45) is 5.96. The van der Waals surface area contributed by atoms with E-state index in [1.165, 1.54) is 12.8 Å². The zero-order valence-corrected chi connectivity index (χ0v) is 14.0. The molecule has 0 unspecified atom stereocenters. The first-order chi connectivity index (χ1) is 11.6. The summed E-state index contributed by atoms with van der Waals surface area (Å²) in [4.78, 5) is 6.67. The van der Waals surface area contributed by atoms with E-state index in [0.717, 1.165) is 30.0 Å². The second-order valence-electron chi connectivity index (χ2n) is 6.66. The molecule has 1 saturated heterocycles. The van der Waals surface area contributed by atoms with Crippen LogP contribution >= 0.6 is 0 Å². The average Bonchev–Trinajstić information content (AvgIpc) is 3.22. The fourth-order valence-corrected chi connectivity index (χ4v) is 3.50. The molecule has 5 heteroatoms. The highest BCUT2D eigenvalue weighted by Crippen LogP contribution is 2.34. The van der Waals surface area contributed by atoms with Gasteiger partial charge in [0.25, 0.3) is 0 Å². The molecule has 1 fully saturated rings. The fourth-order valence-electron chi connectivity index (χ4n) is 3.50. The Balaban J connectivity index is 1.84. The van der Waals surface area contributed by atoms with E-state index in [1.807, 2.05) is 24.4 Å². The minimum Gasteiger partial charge on any atom is -0.371 e. The van der Waals surface area contributed by atoms with Gasteiger partial charge in [0, 0.05) is 42.3 Å². The van der Waals surface area contributed by atoms with Crippen LogP contribution in [0.25, 0.3) is 16.9 Å². The number of hydrogen-bond donors (Lipinski definition) is 0. The Labute approximate surface area is 140 Å². The van der Waals surface area contributed by atoms with E-state index in [-0.39, 0.29) is 11.7 Å². The Morgan fingerprint density at radius 1 is 1.17 bits per heavy atom. The lowest BCUT2D eigenvalue weighted by Crippen LogP contribution is -2.17. The third-order valence-corrected chi connectivity index (χ3v) is 4.69. The maximum absolute atomic E-state index is 14.9. The summed E-state index contributed by atoms with van der Waals surface area (Å²) < 4.78 is 16.6. The van der Waals surface area contributed by atoms with Crippen LogP contribution in [-0.2, 0) is 0 Å². The zero-order chi connectivity index (χ0) is 16.7. The maximum atomic E-state index is 14.9. The molecule has 3 aromatic rings. The van der Waals surface area contributed by atoms with Gasteiger partial charge in [-0.15, -0.1) is 0 Å². The Bertz CT molecular complexity index is 878. The van der Waals surface area contributed by atoms with Crippen LogP contribution in [0.2, 0.25) is 0 Å². The Kier molecular flexibility index (Phi) is 3.71. The van der Waals surface area contributed by atoms with Crippen LogP contribution in [0.1, 0.15) is 38.2 Å². The lowest BCUT2D eigenvalue weighted by atomic mass is 9.98. The van der Waals surface area contributed by atoms with Gasteiger partial charge in [-0.05, 0) is 43.0 Å². The van der Waals surface area contributed by atoms with E-state index < -0.39 is 0 Å². The molecule has 0 atom stereocenters. The second kappa shape index (κ2) is 5.89. The highest BCUT2D eigenvalue weighted by molar-refractivity contribution is 5.73. The summed E-state index contributed by atoms with van der Waals surface area (Å²) in [5.41, 5.74) is 3.98. The monoisotopic (exact) mass is 324 g/mol. The summed E-state index contributed by atoms with van der Waals surface area (Å²) in [5.74, 6) is -0.00485. The molecule has 0 spiro atoms. The molecule has 3 heterocycles. The first-order valence-electron chi connectivity index (χ1n) is 8.53. The van der Waals surface area contributed by atoms with Crippen molar-refractivity contribution in [3.8, 4) is 11.3 Å². The Morgan fingerprint density at radius 3 is 2.67 bits per heavy atom. The molecule has 1 aliphatic heterocycles. The van der Waals surface area contributed by atoms with Crippen molar-refractivity contribution in [2.75, 3.05) is 18.0 Å². The molecule has 0 N–H and O–H groups in total.